The van der Waals surface area contributed by atoms with Crippen LogP contribution in [0.4, 0.5) is 11.4 Å². The van der Waals surface area contributed by atoms with Gasteiger partial charge in [0.2, 0.25) is 0 Å². The maximum absolute atomic E-state index is 12.5. The van der Waals surface area contributed by atoms with Crippen molar-refractivity contribution in [2.24, 2.45) is 0 Å². The number of aryl methyl sites for hydroxylation is 3. The van der Waals surface area contributed by atoms with E-state index >= 15 is 0 Å². The van der Waals surface area contributed by atoms with E-state index in [0.29, 0.717) is 10.2 Å². The van der Waals surface area contributed by atoms with Gasteiger partial charge in [0.1, 0.15) is 4.90 Å². The van der Waals surface area contributed by atoms with Crippen LogP contribution in [0.2, 0.25) is 0 Å². The molecule has 2 rings (SSSR count). The highest BCUT2D eigenvalue weighted by atomic mass is 79.9. The fourth-order valence-electron chi connectivity index (χ4n) is 1.96. The van der Waals surface area contributed by atoms with Gasteiger partial charge in [0, 0.05) is 4.47 Å². The molecular formula is C15H17BrN2O2S. The SMILES string of the molecule is Cc1ccc(Br)c(NS(=O)(=O)c2cc(C)c(C)cc2N)c1. The van der Waals surface area contributed by atoms with Crippen molar-refractivity contribution in [2.45, 2.75) is 25.7 Å². The van der Waals surface area contributed by atoms with Crippen LogP contribution < -0.4 is 10.5 Å². The molecule has 0 atom stereocenters. The summed E-state index contributed by atoms with van der Waals surface area (Å²) >= 11 is 3.34. The molecule has 0 aliphatic heterocycles. The molecule has 0 bridgehead atoms. The van der Waals surface area contributed by atoms with Crippen molar-refractivity contribution in [3.63, 3.8) is 0 Å². The Morgan fingerprint density at radius 3 is 2.33 bits per heavy atom. The first kappa shape index (κ1) is 15.9. The van der Waals surface area contributed by atoms with Gasteiger partial charge in [-0.15, -0.1) is 0 Å². The summed E-state index contributed by atoms with van der Waals surface area (Å²) in [6.45, 7) is 5.65. The molecule has 0 unspecified atom stereocenters. The van der Waals surface area contributed by atoms with E-state index in [-0.39, 0.29) is 10.6 Å². The van der Waals surface area contributed by atoms with Crippen molar-refractivity contribution >= 4 is 37.3 Å². The van der Waals surface area contributed by atoms with E-state index in [2.05, 4.69) is 20.7 Å². The molecule has 0 aliphatic rings. The molecule has 3 N–H and O–H groups in total. The van der Waals surface area contributed by atoms with E-state index in [4.69, 9.17) is 5.73 Å². The minimum Gasteiger partial charge on any atom is -0.398 e. The second kappa shape index (κ2) is 5.69. The van der Waals surface area contributed by atoms with Gasteiger partial charge < -0.3 is 5.73 Å². The van der Waals surface area contributed by atoms with Gasteiger partial charge in [-0.3, -0.25) is 4.72 Å². The van der Waals surface area contributed by atoms with Crippen LogP contribution >= 0.6 is 15.9 Å². The zero-order valence-electron chi connectivity index (χ0n) is 12.1. The molecule has 6 heteroatoms. The first-order valence-electron chi connectivity index (χ1n) is 6.36. The number of rotatable bonds is 3. The lowest BCUT2D eigenvalue weighted by Crippen LogP contribution is -2.15. The van der Waals surface area contributed by atoms with Crippen molar-refractivity contribution in [3.05, 3.63) is 51.5 Å². The highest BCUT2D eigenvalue weighted by Gasteiger charge is 2.19. The van der Waals surface area contributed by atoms with E-state index in [1.54, 1.807) is 24.3 Å². The van der Waals surface area contributed by atoms with Crippen LogP contribution in [0.5, 0.6) is 0 Å². The third-order valence-corrected chi connectivity index (χ3v) is 5.39. The molecule has 112 valence electrons. The van der Waals surface area contributed by atoms with E-state index in [1.807, 2.05) is 26.8 Å². The predicted octanol–water partition coefficient (Wildman–Crippen LogP) is 3.76. The quantitative estimate of drug-likeness (QED) is 0.810. The zero-order valence-corrected chi connectivity index (χ0v) is 14.5. The Balaban J connectivity index is 2.48. The Morgan fingerprint density at radius 1 is 1.05 bits per heavy atom. The lowest BCUT2D eigenvalue weighted by atomic mass is 10.1. The molecule has 2 aromatic rings. The molecule has 0 aromatic heterocycles. The summed E-state index contributed by atoms with van der Waals surface area (Å²) in [7, 11) is -3.73. The number of sulfonamides is 1. The van der Waals surface area contributed by atoms with Gasteiger partial charge in [0.25, 0.3) is 10.0 Å². The number of hydrogen-bond acceptors (Lipinski definition) is 3. The molecule has 0 amide bonds. The van der Waals surface area contributed by atoms with E-state index in [1.165, 1.54) is 0 Å². The first-order valence-corrected chi connectivity index (χ1v) is 8.64. The summed E-state index contributed by atoms with van der Waals surface area (Å²) in [5.41, 5.74) is 9.41. The summed E-state index contributed by atoms with van der Waals surface area (Å²) in [5, 5.41) is 0. The van der Waals surface area contributed by atoms with Crippen molar-refractivity contribution in [1.82, 2.24) is 0 Å². The minimum atomic E-state index is -3.73. The van der Waals surface area contributed by atoms with Crippen LogP contribution in [-0.4, -0.2) is 8.42 Å². The number of anilines is 2. The maximum Gasteiger partial charge on any atom is 0.263 e. The van der Waals surface area contributed by atoms with Gasteiger partial charge in [0.05, 0.1) is 11.4 Å². The maximum atomic E-state index is 12.5. The van der Waals surface area contributed by atoms with Crippen LogP contribution in [0.25, 0.3) is 0 Å². The van der Waals surface area contributed by atoms with Gasteiger partial charge in [-0.1, -0.05) is 6.07 Å². The van der Waals surface area contributed by atoms with Crippen LogP contribution in [0.3, 0.4) is 0 Å². The number of hydrogen-bond donors (Lipinski definition) is 2. The van der Waals surface area contributed by atoms with Crippen LogP contribution in [-0.2, 0) is 10.0 Å². The smallest absolute Gasteiger partial charge is 0.263 e. The Hall–Kier alpha value is -1.53. The van der Waals surface area contributed by atoms with E-state index < -0.39 is 10.0 Å². The Morgan fingerprint density at radius 2 is 1.67 bits per heavy atom. The Labute approximate surface area is 133 Å². The average Bonchev–Trinajstić information content (AvgIpc) is 2.37. The Kier molecular flexibility index (Phi) is 4.30. The highest BCUT2D eigenvalue weighted by molar-refractivity contribution is 9.10. The third-order valence-electron chi connectivity index (χ3n) is 3.28. The summed E-state index contributed by atoms with van der Waals surface area (Å²) in [5.74, 6) is 0. The summed E-state index contributed by atoms with van der Waals surface area (Å²) < 4.78 is 28.3. The average molecular weight is 369 g/mol. The third kappa shape index (κ3) is 3.39. The molecule has 2 aromatic carbocycles. The number of nitrogens with one attached hydrogen (secondary N) is 1. The van der Waals surface area contributed by atoms with Gasteiger partial charge in [-0.2, -0.15) is 0 Å². The normalized spacial score (nSPS) is 11.4. The van der Waals surface area contributed by atoms with Gasteiger partial charge >= 0.3 is 0 Å². The monoisotopic (exact) mass is 368 g/mol. The number of nitrogens with two attached hydrogens (primary N) is 1. The molecule has 0 fully saturated rings. The molecule has 4 nitrogen and oxygen atoms in total. The summed E-state index contributed by atoms with van der Waals surface area (Å²) in [6, 6.07) is 8.73. The lowest BCUT2D eigenvalue weighted by Gasteiger charge is -2.13. The van der Waals surface area contributed by atoms with Crippen LogP contribution in [0, 0.1) is 20.8 Å². The van der Waals surface area contributed by atoms with Crippen LogP contribution in [0.1, 0.15) is 16.7 Å². The van der Waals surface area contributed by atoms with E-state index in [0.717, 1.165) is 16.7 Å². The molecule has 21 heavy (non-hydrogen) atoms. The predicted molar refractivity (Wildman–Crippen MR) is 90.0 cm³/mol. The standard InChI is InChI=1S/C15H17BrN2O2S/c1-9-4-5-12(16)14(6-9)18-21(19,20)15-8-11(3)10(2)7-13(15)17/h4-8,18H,17H2,1-3H3. The molecule has 0 saturated carbocycles. The fraction of sp³-hybridized carbons (Fsp3) is 0.200. The number of nitrogen functional groups attached to an aromatic ring is 1. The molecule has 0 saturated heterocycles. The molecule has 0 radical (unpaired) electrons. The molecule has 0 spiro atoms. The summed E-state index contributed by atoms with van der Waals surface area (Å²) in [4.78, 5) is 0.0963. The second-order valence-electron chi connectivity index (χ2n) is 5.06. The zero-order chi connectivity index (χ0) is 15.8. The van der Waals surface area contributed by atoms with Gasteiger partial charge in [-0.25, -0.2) is 8.42 Å². The summed E-state index contributed by atoms with van der Waals surface area (Å²) in [6.07, 6.45) is 0. The fourth-order valence-corrected chi connectivity index (χ4v) is 3.71. The Bertz CT molecular complexity index is 802. The topological polar surface area (TPSA) is 72.2 Å². The van der Waals surface area contributed by atoms with Gasteiger partial charge in [0.15, 0.2) is 0 Å². The number of halogens is 1. The minimum absolute atomic E-state index is 0.0963. The second-order valence-corrected chi connectivity index (χ2v) is 7.57. The molecule has 0 aliphatic carbocycles. The van der Waals surface area contributed by atoms with Crippen molar-refractivity contribution < 1.29 is 8.42 Å². The van der Waals surface area contributed by atoms with Crippen molar-refractivity contribution in [1.29, 1.82) is 0 Å². The first-order chi connectivity index (χ1) is 9.70. The lowest BCUT2D eigenvalue weighted by molar-refractivity contribution is 0.601. The van der Waals surface area contributed by atoms with Crippen LogP contribution in [0.15, 0.2) is 39.7 Å². The van der Waals surface area contributed by atoms with Crippen molar-refractivity contribution in [2.75, 3.05) is 10.5 Å². The largest absolute Gasteiger partial charge is 0.398 e. The van der Waals surface area contributed by atoms with Gasteiger partial charge in [-0.05, 0) is 77.7 Å². The molecular weight excluding hydrogens is 352 g/mol. The highest BCUT2D eigenvalue weighted by Crippen LogP contribution is 2.29. The molecule has 0 heterocycles. The van der Waals surface area contributed by atoms with Crippen molar-refractivity contribution in [3.8, 4) is 0 Å². The number of benzene rings is 2. The van der Waals surface area contributed by atoms with E-state index in [9.17, 15) is 8.42 Å².